The van der Waals surface area contributed by atoms with E-state index in [1.807, 2.05) is 6.07 Å². The predicted octanol–water partition coefficient (Wildman–Crippen LogP) is 14.5. The Morgan fingerprint density at radius 1 is 0.444 bits per heavy atom. The number of hydrogen-bond acceptors (Lipinski definition) is 2. The van der Waals surface area contributed by atoms with Gasteiger partial charge < -0.3 is 4.74 Å². The average Bonchev–Trinajstić information content (AvgIpc) is 2.96. The molecule has 1 aliphatic carbocycles. The van der Waals surface area contributed by atoms with Crippen LogP contribution >= 0.6 is 0 Å². The molecule has 2 bridgehead atoms. The van der Waals surface area contributed by atoms with Gasteiger partial charge in [0.1, 0.15) is 5.75 Å². The van der Waals surface area contributed by atoms with Gasteiger partial charge in [0.2, 0.25) is 0 Å². The molecule has 0 N–H and O–H groups in total. The molecule has 2 heteroatoms. The largest absolute Gasteiger partial charge is 0.423 e. The smallest absolute Gasteiger partial charge is 0.344 e. The first-order valence-electron chi connectivity index (χ1n) is 20.2. The SMILES string of the molecule is Cc1cc2c(c(C(C)(C)C)c1)-c1c(C(C)(C)C)cc(C(C)(C)C)c(c1C(=O)Oc1ccc(C(C)(C)C)cc1C(C)(C)C)-c1c(cc(C)cc1C(C)(C)C)C2. The highest BCUT2D eigenvalue weighted by molar-refractivity contribution is 6.09. The first kappa shape index (κ1) is 41.5. The van der Waals surface area contributed by atoms with Crippen molar-refractivity contribution in [1.29, 1.82) is 0 Å². The molecule has 2 nitrogen and oxygen atoms in total. The van der Waals surface area contributed by atoms with Crippen molar-refractivity contribution in [2.45, 2.75) is 177 Å². The number of aryl methyl sites for hydroxylation is 2. The van der Waals surface area contributed by atoms with Crippen LogP contribution in [0.4, 0.5) is 0 Å². The fourth-order valence-electron chi connectivity index (χ4n) is 8.39. The Bertz CT molecular complexity index is 2020. The van der Waals surface area contributed by atoms with E-state index in [-0.39, 0.29) is 38.5 Å². The number of hydrogen-bond donors (Lipinski definition) is 0. The minimum Gasteiger partial charge on any atom is -0.423 e. The molecule has 290 valence electrons. The Morgan fingerprint density at radius 2 is 0.815 bits per heavy atom. The predicted molar refractivity (Wildman–Crippen MR) is 233 cm³/mol. The van der Waals surface area contributed by atoms with E-state index in [0.29, 0.717) is 11.3 Å². The van der Waals surface area contributed by atoms with Gasteiger partial charge in [0.15, 0.2) is 0 Å². The second-order valence-corrected chi connectivity index (χ2v) is 22.6. The number of carbonyl (C=O) groups excluding carboxylic acids is 1. The lowest BCUT2D eigenvalue weighted by Gasteiger charge is -2.38. The maximum absolute atomic E-state index is 15.9. The van der Waals surface area contributed by atoms with Crippen molar-refractivity contribution in [2.75, 3.05) is 0 Å². The molecule has 0 aromatic heterocycles. The molecule has 54 heavy (non-hydrogen) atoms. The van der Waals surface area contributed by atoms with Gasteiger partial charge in [0.25, 0.3) is 0 Å². The lowest BCUT2D eigenvalue weighted by Crippen LogP contribution is -2.28. The van der Waals surface area contributed by atoms with Gasteiger partial charge in [-0.2, -0.15) is 0 Å². The average molecular weight is 727 g/mol. The van der Waals surface area contributed by atoms with Crippen LogP contribution < -0.4 is 4.74 Å². The van der Waals surface area contributed by atoms with Crippen LogP contribution in [0.5, 0.6) is 5.75 Å². The van der Waals surface area contributed by atoms with Crippen LogP contribution in [-0.2, 0) is 38.9 Å². The van der Waals surface area contributed by atoms with Crippen LogP contribution in [0.15, 0.2) is 48.5 Å². The molecule has 1 aliphatic rings. The van der Waals surface area contributed by atoms with E-state index in [1.165, 1.54) is 61.2 Å². The molecule has 0 radical (unpaired) electrons. The highest BCUT2D eigenvalue weighted by Crippen LogP contribution is 2.54. The molecule has 4 aromatic rings. The molecule has 0 saturated carbocycles. The van der Waals surface area contributed by atoms with Crippen molar-refractivity contribution < 1.29 is 9.53 Å². The van der Waals surface area contributed by atoms with E-state index in [1.54, 1.807) is 0 Å². The lowest BCUT2D eigenvalue weighted by molar-refractivity contribution is 0.0733. The zero-order valence-electron chi connectivity index (χ0n) is 37.6. The first-order chi connectivity index (χ1) is 24.3. The van der Waals surface area contributed by atoms with Crippen molar-refractivity contribution >= 4 is 5.97 Å². The molecule has 0 atom stereocenters. The number of benzene rings is 4. The molecular formula is C52H70O2. The summed E-state index contributed by atoms with van der Waals surface area (Å²) in [5, 5.41) is 0. The van der Waals surface area contributed by atoms with E-state index >= 15 is 4.79 Å². The molecule has 0 heterocycles. The Hall–Kier alpha value is -3.65. The minimum atomic E-state index is -0.287. The maximum atomic E-state index is 15.9. The molecule has 0 amide bonds. The van der Waals surface area contributed by atoms with Crippen LogP contribution in [0.2, 0.25) is 0 Å². The van der Waals surface area contributed by atoms with Gasteiger partial charge in [-0.1, -0.05) is 178 Å². The van der Waals surface area contributed by atoms with Crippen LogP contribution in [0.25, 0.3) is 22.3 Å². The summed E-state index contributed by atoms with van der Waals surface area (Å²) >= 11 is 0. The zero-order chi connectivity index (χ0) is 40.9. The van der Waals surface area contributed by atoms with Crippen LogP contribution in [0, 0.1) is 13.8 Å². The third kappa shape index (κ3) is 7.87. The Labute approximate surface area is 329 Å². The van der Waals surface area contributed by atoms with Gasteiger partial charge in [0.05, 0.1) is 5.56 Å². The van der Waals surface area contributed by atoms with E-state index in [4.69, 9.17) is 4.74 Å². The van der Waals surface area contributed by atoms with Crippen molar-refractivity contribution in [3.05, 3.63) is 110 Å². The minimum absolute atomic E-state index is 0.0427. The van der Waals surface area contributed by atoms with Crippen LogP contribution in [-0.4, -0.2) is 5.97 Å². The summed E-state index contributed by atoms with van der Waals surface area (Å²) in [5.74, 6) is 0.346. The topological polar surface area (TPSA) is 26.3 Å². The standard InChI is InChI=1S/C52H70O2/c1-30-23-32-27-33-24-31(2)26-37(50(12,13)14)42(33)44-39(52(18,19)20)29-38(51(15,16)17)43(41(32)36(25-30)49(9,10)11)45(44)46(53)54-40-22-21-34(47(3,4)5)28-35(40)48(6,7)8/h21-26,28-29H,27H2,1-20H3. The highest BCUT2D eigenvalue weighted by Gasteiger charge is 2.40. The molecule has 0 spiro atoms. The summed E-state index contributed by atoms with van der Waals surface area (Å²) in [6.07, 6.45) is 0.785. The monoisotopic (exact) mass is 727 g/mol. The molecular weight excluding hydrogens is 657 g/mol. The van der Waals surface area contributed by atoms with Crippen molar-refractivity contribution in [3.63, 3.8) is 0 Å². The highest BCUT2D eigenvalue weighted by atomic mass is 16.5. The maximum Gasteiger partial charge on any atom is 0.344 e. The van der Waals surface area contributed by atoms with Gasteiger partial charge in [-0.15, -0.1) is 0 Å². The Kier molecular flexibility index (Phi) is 10.2. The van der Waals surface area contributed by atoms with Gasteiger partial charge in [0, 0.05) is 16.7 Å². The van der Waals surface area contributed by atoms with E-state index < -0.39 is 0 Å². The van der Waals surface area contributed by atoms with E-state index in [0.717, 1.165) is 23.1 Å². The van der Waals surface area contributed by atoms with Gasteiger partial charge in [-0.3, -0.25) is 0 Å². The summed E-state index contributed by atoms with van der Waals surface area (Å²) in [5.41, 5.74) is 16.1. The number of esters is 1. The molecule has 4 aromatic carbocycles. The van der Waals surface area contributed by atoms with E-state index in [9.17, 15) is 0 Å². The quantitative estimate of drug-likeness (QED) is 0.134. The molecule has 5 rings (SSSR count). The molecule has 0 saturated heterocycles. The molecule has 0 unspecified atom stereocenters. The Morgan fingerprint density at radius 3 is 1.17 bits per heavy atom. The van der Waals surface area contributed by atoms with Gasteiger partial charge in [-0.25, -0.2) is 4.79 Å². The Balaban J connectivity index is 2.10. The van der Waals surface area contributed by atoms with Crippen LogP contribution in [0.1, 0.15) is 191 Å². The van der Waals surface area contributed by atoms with Crippen molar-refractivity contribution in [3.8, 4) is 28.0 Å². The number of fused-ring (bicyclic) bond motifs is 6. The normalized spacial score (nSPS) is 13.9. The van der Waals surface area contributed by atoms with Crippen molar-refractivity contribution in [2.24, 2.45) is 0 Å². The fourth-order valence-corrected chi connectivity index (χ4v) is 8.39. The lowest BCUT2D eigenvalue weighted by atomic mass is 9.65. The second-order valence-electron chi connectivity index (χ2n) is 22.6. The number of carbonyl (C=O) groups is 1. The summed E-state index contributed by atoms with van der Waals surface area (Å²) in [4.78, 5) is 15.9. The second kappa shape index (κ2) is 13.2. The molecule has 0 aliphatic heterocycles. The summed E-state index contributed by atoms with van der Waals surface area (Å²) in [6.45, 7) is 45.4. The number of rotatable bonds is 2. The summed E-state index contributed by atoms with van der Waals surface area (Å²) in [6, 6.07) is 18.4. The first-order valence-corrected chi connectivity index (χ1v) is 20.2. The van der Waals surface area contributed by atoms with Crippen LogP contribution in [0.3, 0.4) is 0 Å². The van der Waals surface area contributed by atoms with Crippen molar-refractivity contribution in [1.82, 2.24) is 0 Å². The summed E-state index contributed by atoms with van der Waals surface area (Å²) in [7, 11) is 0. The summed E-state index contributed by atoms with van der Waals surface area (Å²) < 4.78 is 6.90. The third-order valence-electron chi connectivity index (χ3n) is 11.2. The van der Waals surface area contributed by atoms with Gasteiger partial charge >= 0.3 is 5.97 Å². The zero-order valence-corrected chi connectivity index (χ0v) is 37.6. The third-order valence-corrected chi connectivity index (χ3v) is 11.2. The molecule has 0 fully saturated rings. The van der Waals surface area contributed by atoms with E-state index in [2.05, 4.69) is 181 Å². The fraction of sp³-hybridized carbons (Fsp3) is 0.519. The van der Waals surface area contributed by atoms with Gasteiger partial charge in [-0.05, 0) is 109 Å². The number of ether oxygens (including phenoxy) is 1.